The van der Waals surface area contributed by atoms with E-state index in [0.717, 1.165) is 5.56 Å². The maximum absolute atomic E-state index is 13.8. The van der Waals surface area contributed by atoms with Gasteiger partial charge in [-0.15, -0.1) is 0 Å². The third-order valence-corrected chi connectivity index (χ3v) is 4.28. The molecule has 3 rings (SSSR count). The fourth-order valence-electron chi connectivity index (χ4n) is 2.82. The summed E-state index contributed by atoms with van der Waals surface area (Å²) in [6, 6.07) is 21.8. The van der Waals surface area contributed by atoms with Gasteiger partial charge in [-0.2, -0.15) is 0 Å². The Morgan fingerprint density at radius 2 is 1.73 bits per heavy atom. The van der Waals surface area contributed by atoms with Crippen molar-refractivity contribution in [2.24, 2.45) is 0 Å². The summed E-state index contributed by atoms with van der Waals surface area (Å²) in [5.41, 5.74) is 1.84. The molecule has 154 valence electrons. The van der Waals surface area contributed by atoms with E-state index in [1.165, 1.54) is 36.3 Å². The Morgan fingerprint density at radius 3 is 2.47 bits per heavy atom. The fourth-order valence-corrected chi connectivity index (χ4v) is 2.82. The number of nitrogens with one attached hydrogen (secondary N) is 1. The van der Waals surface area contributed by atoms with Gasteiger partial charge in [0.05, 0.1) is 7.11 Å². The minimum Gasteiger partial charge on any atom is -0.453 e. The van der Waals surface area contributed by atoms with E-state index in [4.69, 9.17) is 4.74 Å². The molecule has 0 aliphatic carbocycles. The van der Waals surface area contributed by atoms with Gasteiger partial charge in [-0.3, -0.25) is 10.2 Å². The lowest BCUT2D eigenvalue weighted by Crippen LogP contribution is -2.35. The first-order chi connectivity index (χ1) is 14.5. The van der Waals surface area contributed by atoms with Gasteiger partial charge in [-0.05, 0) is 42.3 Å². The van der Waals surface area contributed by atoms with Gasteiger partial charge in [0.25, 0.3) is 0 Å². The van der Waals surface area contributed by atoms with E-state index in [1.54, 1.807) is 24.3 Å². The van der Waals surface area contributed by atoms with E-state index in [9.17, 15) is 14.0 Å². The van der Waals surface area contributed by atoms with Crippen molar-refractivity contribution in [2.45, 2.75) is 6.42 Å². The van der Waals surface area contributed by atoms with E-state index in [-0.39, 0.29) is 5.75 Å². The summed E-state index contributed by atoms with van der Waals surface area (Å²) in [7, 11) is 1.25. The first-order valence-electron chi connectivity index (χ1n) is 9.29. The van der Waals surface area contributed by atoms with Crippen molar-refractivity contribution in [2.75, 3.05) is 23.9 Å². The lowest BCUT2D eigenvalue weighted by atomic mass is 10.1. The standard InChI is InChI=1S/C23H21FN2O4/c1-29-22(27)25-19-10-6-12-21(16-19)30-23(28)26(20-11-5-9-18(24)15-20)14-13-17-7-3-2-4-8-17/h2-12,15-16H,13-14H2,1H3,(H,25,27). The zero-order valence-corrected chi connectivity index (χ0v) is 16.4. The van der Waals surface area contributed by atoms with Crippen LogP contribution in [0.15, 0.2) is 78.9 Å². The molecule has 0 aliphatic heterocycles. The highest BCUT2D eigenvalue weighted by Gasteiger charge is 2.19. The highest BCUT2D eigenvalue weighted by molar-refractivity contribution is 5.89. The van der Waals surface area contributed by atoms with Crippen LogP contribution in [0.4, 0.5) is 25.4 Å². The molecule has 0 bridgehead atoms. The average molecular weight is 408 g/mol. The van der Waals surface area contributed by atoms with Crippen molar-refractivity contribution >= 4 is 23.6 Å². The number of carbonyl (C=O) groups is 2. The van der Waals surface area contributed by atoms with E-state index in [0.29, 0.717) is 24.3 Å². The molecule has 0 spiro atoms. The highest BCUT2D eigenvalue weighted by atomic mass is 19.1. The number of hydrogen-bond donors (Lipinski definition) is 1. The van der Waals surface area contributed by atoms with E-state index >= 15 is 0 Å². The zero-order chi connectivity index (χ0) is 21.3. The maximum atomic E-state index is 13.8. The van der Waals surface area contributed by atoms with Gasteiger partial charge < -0.3 is 9.47 Å². The molecule has 2 amide bonds. The number of methoxy groups -OCH3 is 1. The molecule has 7 heteroatoms. The minimum atomic E-state index is -0.660. The Balaban J connectivity index is 1.78. The molecule has 0 aromatic heterocycles. The molecule has 0 radical (unpaired) electrons. The maximum Gasteiger partial charge on any atom is 0.419 e. The van der Waals surface area contributed by atoms with E-state index in [2.05, 4.69) is 10.1 Å². The number of benzene rings is 3. The monoisotopic (exact) mass is 408 g/mol. The smallest absolute Gasteiger partial charge is 0.419 e. The Labute approximate surface area is 173 Å². The number of rotatable bonds is 6. The third-order valence-electron chi connectivity index (χ3n) is 4.28. The molecule has 30 heavy (non-hydrogen) atoms. The van der Waals surface area contributed by atoms with Crippen molar-refractivity contribution < 1.29 is 23.5 Å². The second-order valence-corrected chi connectivity index (χ2v) is 6.38. The summed E-state index contributed by atoms with van der Waals surface area (Å²) in [5, 5.41) is 2.50. The SMILES string of the molecule is COC(=O)Nc1cccc(OC(=O)N(CCc2ccccc2)c2cccc(F)c2)c1. The molecule has 0 saturated heterocycles. The van der Waals surface area contributed by atoms with Crippen LogP contribution in [-0.2, 0) is 11.2 Å². The summed E-state index contributed by atoms with van der Waals surface area (Å²) < 4.78 is 23.8. The lowest BCUT2D eigenvalue weighted by Gasteiger charge is -2.22. The van der Waals surface area contributed by atoms with Gasteiger partial charge >= 0.3 is 12.2 Å². The second-order valence-electron chi connectivity index (χ2n) is 6.38. The van der Waals surface area contributed by atoms with E-state index in [1.807, 2.05) is 30.3 Å². The minimum absolute atomic E-state index is 0.231. The largest absolute Gasteiger partial charge is 0.453 e. The molecule has 0 unspecified atom stereocenters. The molecule has 3 aromatic carbocycles. The summed E-state index contributed by atoms with van der Waals surface area (Å²) in [6.45, 7) is 0.298. The van der Waals surface area contributed by atoms with Crippen LogP contribution in [0.5, 0.6) is 5.75 Å². The molecule has 0 heterocycles. The lowest BCUT2D eigenvalue weighted by molar-refractivity contribution is 0.187. The van der Waals surface area contributed by atoms with Gasteiger partial charge in [0.1, 0.15) is 11.6 Å². The van der Waals surface area contributed by atoms with Gasteiger partial charge in [0.2, 0.25) is 0 Å². The molecule has 0 fully saturated rings. The van der Waals surface area contributed by atoms with Crippen molar-refractivity contribution in [3.05, 3.63) is 90.2 Å². The van der Waals surface area contributed by atoms with Gasteiger partial charge in [0, 0.05) is 24.0 Å². The molecule has 0 aliphatic rings. The number of carbonyl (C=O) groups excluding carboxylic acids is 2. The van der Waals surface area contributed by atoms with E-state index < -0.39 is 18.0 Å². The molecule has 0 saturated carbocycles. The Kier molecular flexibility index (Phi) is 7.00. The van der Waals surface area contributed by atoms with Crippen LogP contribution in [0.3, 0.4) is 0 Å². The van der Waals surface area contributed by atoms with Crippen LogP contribution in [0.25, 0.3) is 0 Å². The summed E-state index contributed by atoms with van der Waals surface area (Å²) >= 11 is 0. The number of anilines is 2. The predicted molar refractivity (Wildman–Crippen MR) is 112 cm³/mol. The van der Waals surface area contributed by atoms with Crippen LogP contribution in [0.1, 0.15) is 5.56 Å². The number of hydrogen-bond acceptors (Lipinski definition) is 4. The fraction of sp³-hybridized carbons (Fsp3) is 0.130. The normalized spacial score (nSPS) is 10.2. The van der Waals surface area contributed by atoms with Crippen LogP contribution >= 0.6 is 0 Å². The quantitative estimate of drug-likeness (QED) is 0.605. The first kappa shape index (κ1) is 20.9. The predicted octanol–water partition coefficient (Wildman–Crippen LogP) is 5.25. The van der Waals surface area contributed by atoms with Crippen LogP contribution in [0, 0.1) is 5.82 Å². The third kappa shape index (κ3) is 5.81. The molecule has 1 N–H and O–H groups in total. The van der Waals surface area contributed by atoms with Crippen molar-refractivity contribution in [1.82, 2.24) is 0 Å². The van der Waals surface area contributed by atoms with Crippen molar-refractivity contribution in [3.8, 4) is 5.75 Å². The number of ether oxygens (including phenoxy) is 2. The topological polar surface area (TPSA) is 67.9 Å². The molecule has 6 nitrogen and oxygen atoms in total. The van der Waals surface area contributed by atoms with Crippen LogP contribution < -0.4 is 15.0 Å². The van der Waals surface area contributed by atoms with Crippen molar-refractivity contribution in [1.29, 1.82) is 0 Å². The summed E-state index contributed by atoms with van der Waals surface area (Å²) in [5.74, 6) is -0.218. The first-order valence-corrected chi connectivity index (χ1v) is 9.29. The van der Waals surface area contributed by atoms with Crippen LogP contribution in [0.2, 0.25) is 0 Å². The zero-order valence-electron chi connectivity index (χ0n) is 16.4. The highest BCUT2D eigenvalue weighted by Crippen LogP contribution is 2.22. The summed E-state index contributed by atoms with van der Waals surface area (Å²) in [4.78, 5) is 25.7. The summed E-state index contributed by atoms with van der Waals surface area (Å²) in [6.07, 6.45) is -0.731. The Hall–Kier alpha value is -3.87. The van der Waals surface area contributed by atoms with Gasteiger partial charge in [-0.1, -0.05) is 42.5 Å². The van der Waals surface area contributed by atoms with Crippen molar-refractivity contribution in [3.63, 3.8) is 0 Å². The second kappa shape index (κ2) is 10.1. The Morgan fingerprint density at radius 1 is 0.967 bits per heavy atom. The molecular weight excluding hydrogens is 387 g/mol. The molecule has 0 atom stereocenters. The average Bonchev–Trinajstić information content (AvgIpc) is 2.75. The number of halogens is 1. The number of nitrogens with zero attached hydrogens (tertiary/aromatic N) is 1. The number of amides is 2. The van der Waals surface area contributed by atoms with Gasteiger partial charge in [-0.25, -0.2) is 14.0 Å². The van der Waals surface area contributed by atoms with Crippen LogP contribution in [-0.4, -0.2) is 25.8 Å². The van der Waals surface area contributed by atoms with Gasteiger partial charge in [0.15, 0.2) is 0 Å². The Bertz CT molecular complexity index is 1010. The molecule has 3 aromatic rings. The molecular formula is C23H21FN2O4.